The van der Waals surface area contributed by atoms with Crippen molar-refractivity contribution in [1.29, 1.82) is 0 Å². The van der Waals surface area contributed by atoms with E-state index in [1.807, 2.05) is 24.5 Å². The summed E-state index contributed by atoms with van der Waals surface area (Å²) >= 11 is 0. The Hall–Kier alpha value is -2.57. The highest BCUT2D eigenvalue weighted by molar-refractivity contribution is 5.96. The van der Waals surface area contributed by atoms with E-state index in [9.17, 15) is 4.79 Å². The van der Waals surface area contributed by atoms with E-state index in [1.165, 1.54) is 24.1 Å². The van der Waals surface area contributed by atoms with Crippen LogP contribution in [0.5, 0.6) is 0 Å². The molecule has 2 aromatic rings. The third-order valence-corrected chi connectivity index (χ3v) is 6.49. The summed E-state index contributed by atoms with van der Waals surface area (Å²) in [5.41, 5.74) is 3.30. The number of ketones is 1. The van der Waals surface area contributed by atoms with Crippen molar-refractivity contribution in [3.05, 3.63) is 65.9 Å². The maximum absolute atomic E-state index is 12.9. The van der Waals surface area contributed by atoms with E-state index in [4.69, 9.17) is 0 Å². The molecule has 1 aliphatic rings. The molecule has 0 spiro atoms. The van der Waals surface area contributed by atoms with E-state index in [-0.39, 0.29) is 11.2 Å². The van der Waals surface area contributed by atoms with E-state index < -0.39 is 0 Å². The van der Waals surface area contributed by atoms with Gasteiger partial charge in [-0.2, -0.15) is 0 Å². The van der Waals surface area contributed by atoms with Crippen molar-refractivity contribution in [2.75, 3.05) is 26.2 Å². The van der Waals surface area contributed by atoms with E-state index in [2.05, 4.69) is 70.7 Å². The summed E-state index contributed by atoms with van der Waals surface area (Å²) in [6, 6.07) is 8.16. The molecule has 0 fully saturated rings. The van der Waals surface area contributed by atoms with Gasteiger partial charge in [-0.25, -0.2) is 4.98 Å². The van der Waals surface area contributed by atoms with Gasteiger partial charge in [-0.1, -0.05) is 58.0 Å². The van der Waals surface area contributed by atoms with Crippen LogP contribution < -0.4 is 0 Å². The molecule has 0 radical (unpaired) electrons. The number of nitrogens with one attached hydrogen (secondary N) is 1. The van der Waals surface area contributed by atoms with Crippen LogP contribution in [0.4, 0.5) is 0 Å². The normalized spacial score (nSPS) is 13.7. The second kappa shape index (κ2) is 13.5. The third-order valence-electron chi connectivity index (χ3n) is 6.49. The molecular weight excluding hydrogens is 434 g/mol. The van der Waals surface area contributed by atoms with Gasteiger partial charge in [0.05, 0.1) is 6.54 Å². The van der Waals surface area contributed by atoms with Crippen molar-refractivity contribution in [2.45, 2.75) is 72.9 Å². The van der Waals surface area contributed by atoms with Crippen LogP contribution in [0.2, 0.25) is 0 Å². The molecule has 6 nitrogen and oxygen atoms in total. The molecule has 0 aliphatic carbocycles. The number of benzene rings is 1. The molecule has 35 heavy (non-hydrogen) atoms. The van der Waals surface area contributed by atoms with Crippen molar-refractivity contribution < 1.29 is 4.79 Å². The van der Waals surface area contributed by atoms with Gasteiger partial charge in [0.15, 0.2) is 5.78 Å². The number of Topliss-reactive ketones (excluding diaryl/α,β-unsaturated/α-hetero) is 1. The molecule has 0 saturated heterocycles. The summed E-state index contributed by atoms with van der Waals surface area (Å²) in [5.74, 6) is 1.18. The molecule has 6 heteroatoms. The maximum atomic E-state index is 12.9. The summed E-state index contributed by atoms with van der Waals surface area (Å²) < 4.78 is 0. The fourth-order valence-corrected chi connectivity index (χ4v) is 4.76. The number of aliphatic imine (C=N–C) groups is 1. The number of carbonyl (C=O) groups excluding carboxylic acids is 1. The van der Waals surface area contributed by atoms with Gasteiger partial charge in [-0.3, -0.25) is 14.7 Å². The van der Waals surface area contributed by atoms with Crippen molar-refractivity contribution in [1.82, 2.24) is 19.8 Å². The lowest BCUT2D eigenvalue weighted by atomic mass is 9.85. The monoisotopic (exact) mass is 477 g/mol. The van der Waals surface area contributed by atoms with Crippen LogP contribution in [0.15, 0.2) is 53.9 Å². The number of rotatable bonds is 16. The number of hydrogen-bond acceptors (Lipinski definition) is 5. The Morgan fingerprint density at radius 3 is 2.37 bits per heavy atom. The molecule has 0 bridgehead atoms. The zero-order chi connectivity index (χ0) is 25.1. The zero-order valence-electron chi connectivity index (χ0n) is 22.1. The minimum absolute atomic E-state index is 0.129. The van der Waals surface area contributed by atoms with Gasteiger partial charge >= 0.3 is 0 Å². The van der Waals surface area contributed by atoms with Gasteiger partial charge in [0.2, 0.25) is 0 Å². The summed E-state index contributed by atoms with van der Waals surface area (Å²) in [6.07, 6.45) is 12.4. The lowest BCUT2D eigenvalue weighted by molar-refractivity contribution is 0.0946. The largest absolute Gasteiger partial charge is 0.348 e. The molecule has 0 amide bonds. The number of hydrogen-bond donors (Lipinski definition) is 1. The van der Waals surface area contributed by atoms with E-state index in [1.54, 1.807) is 6.20 Å². The van der Waals surface area contributed by atoms with Crippen LogP contribution in [0, 0.1) is 5.41 Å². The standard InChI is InChI=1S/C29H43N5O/c1-5-18-33(19-6-2)23-29(3,4)14-13-27(35)25-11-9-24(10-12-25)20-34(21-26-8-7-15-30-26)22-28-31-16-17-32-28/h7,9-12,15-17H,5-6,8,13-14,18-23H2,1-4H3,(H,31,32). The Bertz CT molecular complexity index is 953. The molecule has 1 aliphatic heterocycles. The number of aromatic amines is 1. The number of imidazole rings is 1. The first-order valence-electron chi connectivity index (χ1n) is 13.1. The molecule has 190 valence electrons. The highest BCUT2D eigenvalue weighted by Gasteiger charge is 2.23. The van der Waals surface area contributed by atoms with Gasteiger partial charge in [-0.15, -0.1) is 0 Å². The third kappa shape index (κ3) is 9.19. The quantitative estimate of drug-likeness (QED) is 0.307. The Balaban J connectivity index is 1.54. The predicted molar refractivity (Wildman–Crippen MR) is 145 cm³/mol. The Kier molecular flexibility index (Phi) is 10.4. The fourth-order valence-electron chi connectivity index (χ4n) is 4.76. The molecule has 1 aromatic heterocycles. The van der Waals surface area contributed by atoms with Crippen molar-refractivity contribution >= 4 is 11.5 Å². The van der Waals surface area contributed by atoms with Gasteiger partial charge in [-0.05, 0) is 43.3 Å². The van der Waals surface area contributed by atoms with Crippen LogP contribution in [-0.4, -0.2) is 57.4 Å². The van der Waals surface area contributed by atoms with Gasteiger partial charge in [0, 0.05) is 62.3 Å². The summed E-state index contributed by atoms with van der Waals surface area (Å²) in [7, 11) is 0. The number of H-pyrrole nitrogens is 1. The smallest absolute Gasteiger partial charge is 0.162 e. The van der Waals surface area contributed by atoms with Crippen molar-refractivity contribution in [3.63, 3.8) is 0 Å². The molecule has 0 unspecified atom stereocenters. The fraction of sp³-hybridized carbons (Fsp3) is 0.552. The number of allylic oxidation sites excluding steroid dienone is 1. The molecule has 2 heterocycles. The summed E-state index contributed by atoms with van der Waals surface area (Å²) in [4.78, 5) is 29.9. The Morgan fingerprint density at radius 2 is 1.77 bits per heavy atom. The molecule has 1 N–H and O–H groups in total. The van der Waals surface area contributed by atoms with Crippen molar-refractivity contribution in [3.8, 4) is 0 Å². The lowest BCUT2D eigenvalue weighted by Crippen LogP contribution is -2.35. The summed E-state index contributed by atoms with van der Waals surface area (Å²) in [5, 5.41) is 0. The van der Waals surface area contributed by atoms with Gasteiger partial charge in [0.1, 0.15) is 5.82 Å². The van der Waals surface area contributed by atoms with Crippen LogP contribution in [0.3, 0.4) is 0 Å². The highest BCUT2D eigenvalue weighted by atomic mass is 16.1. The lowest BCUT2D eigenvalue weighted by Gasteiger charge is -2.32. The first-order valence-corrected chi connectivity index (χ1v) is 13.1. The van der Waals surface area contributed by atoms with Crippen LogP contribution >= 0.6 is 0 Å². The Labute approximate surface area is 211 Å². The maximum Gasteiger partial charge on any atom is 0.162 e. The topological polar surface area (TPSA) is 64.6 Å². The predicted octanol–water partition coefficient (Wildman–Crippen LogP) is 5.88. The van der Waals surface area contributed by atoms with Crippen LogP contribution in [-0.2, 0) is 13.1 Å². The highest BCUT2D eigenvalue weighted by Crippen LogP contribution is 2.25. The molecular formula is C29H43N5O. The van der Waals surface area contributed by atoms with Crippen LogP contribution in [0.25, 0.3) is 0 Å². The van der Waals surface area contributed by atoms with Crippen LogP contribution in [0.1, 0.15) is 81.5 Å². The first-order chi connectivity index (χ1) is 16.9. The molecule has 3 rings (SSSR count). The van der Waals surface area contributed by atoms with Gasteiger partial charge < -0.3 is 9.88 Å². The number of carbonyl (C=O) groups is 1. The first kappa shape index (κ1) is 27.0. The SMILES string of the molecule is CCCN(CCC)CC(C)(C)CCC(=O)c1ccc(CN(CC2=NC=CC2)Cc2ncc[nH]2)cc1. The zero-order valence-corrected chi connectivity index (χ0v) is 22.1. The van der Waals surface area contributed by atoms with Gasteiger partial charge in [0.25, 0.3) is 0 Å². The average Bonchev–Trinajstić information content (AvgIpc) is 3.53. The minimum atomic E-state index is 0.129. The molecule has 0 atom stereocenters. The van der Waals surface area contributed by atoms with E-state index in [0.717, 1.165) is 63.5 Å². The van der Waals surface area contributed by atoms with E-state index in [0.29, 0.717) is 6.42 Å². The van der Waals surface area contributed by atoms with E-state index >= 15 is 0 Å². The minimum Gasteiger partial charge on any atom is -0.348 e. The number of aromatic nitrogens is 2. The molecule has 0 saturated carbocycles. The molecule has 1 aromatic carbocycles. The van der Waals surface area contributed by atoms with Crippen molar-refractivity contribution in [2.24, 2.45) is 10.4 Å². The second-order valence-electron chi connectivity index (χ2n) is 10.5. The average molecular weight is 478 g/mol. The summed E-state index contributed by atoms with van der Waals surface area (Å²) in [6.45, 7) is 14.7. The Morgan fingerprint density at radius 1 is 1.03 bits per heavy atom. The second-order valence-corrected chi connectivity index (χ2v) is 10.5. The number of nitrogens with zero attached hydrogens (tertiary/aromatic N) is 4.